The van der Waals surface area contributed by atoms with Gasteiger partial charge in [0, 0.05) is 17.6 Å². The third-order valence-electron chi connectivity index (χ3n) is 4.88. The van der Waals surface area contributed by atoms with Gasteiger partial charge < -0.3 is 20.4 Å². The highest BCUT2D eigenvalue weighted by molar-refractivity contribution is 7.13. The van der Waals surface area contributed by atoms with E-state index in [0.29, 0.717) is 12.1 Å². The lowest BCUT2D eigenvalue weighted by atomic mass is 9.93. The van der Waals surface area contributed by atoms with E-state index in [4.69, 9.17) is 19.8 Å². The Morgan fingerprint density at radius 1 is 1.15 bits per heavy atom. The Labute approximate surface area is 192 Å². The zero-order valence-electron chi connectivity index (χ0n) is 17.2. The molecule has 3 atom stereocenters. The van der Waals surface area contributed by atoms with Crippen LogP contribution in [-0.2, 0) is 16.1 Å². The normalized spacial score (nSPS) is 22.1. The van der Waals surface area contributed by atoms with Crippen molar-refractivity contribution >= 4 is 28.4 Å². The summed E-state index contributed by atoms with van der Waals surface area (Å²) in [6.07, 6.45) is -2.44. The minimum absolute atomic E-state index is 0.470. The molecule has 3 N–H and O–H groups in total. The van der Waals surface area contributed by atoms with Crippen LogP contribution in [0.5, 0.6) is 0 Å². The fraction of sp³-hybridized carbons (Fsp3) is 0.588. The summed E-state index contributed by atoms with van der Waals surface area (Å²) in [6, 6.07) is 1.09. The van der Waals surface area contributed by atoms with E-state index < -0.39 is 24.3 Å². The maximum Gasteiger partial charge on any atom is 0.490 e. The van der Waals surface area contributed by atoms with Crippen molar-refractivity contribution in [3.05, 3.63) is 24.2 Å². The van der Waals surface area contributed by atoms with Crippen molar-refractivity contribution in [2.24, 2.45) is 5.92 Å². The minimum atomic E-state index is -5.08. The number of aliphatic carboxylic acids is 2. The predicted octanol–water partition coefficient (Wildman–Crippen LogP) is 2.26. The van der Waals surface area contributed by atoms with Crippen LogP contribution in [0.1, 0.15) is 12.8 Å². The number of nitrogens with one attached hydrogen (secondary N) is 1. The highest BCUT2D eigenvalue weighted by Gasteiger charge is 2.43. The van der Waals surface area contributed by atoms with Gasteiger partial charge in [-0.05, 0) is 31.8 Å². The number of carbonyl (C=O) groups is 2. The van der Waals surface area contributed by atoms with E-state index in [1.54, 1.807) is 24.0 Å². The lowest BCUT2D eigenvalue weighted by molar-refractivity contribution is -0.193. The van der Waals surface area contributed by atoms with Gasteiger partial charge >= 0.3 is 24.3 Å². The van der Waals surface area contributed by atoms with Crippen molar-refractivity contribution in [1.29, 1.82) is 0 Å². The fourth-order valence-electron chi connectivity index (χ4n) is 3.60. The molecule has 2 aromatic heterocycles. The molecule has 0 amide bonds. The Morgan fingerprint density at radius 2 is 1.76 bits per heavy atom. The van der Waals surface area contributed by atoms with Gasteiger partial charge in [-0.3, -0.25) is 4.68 Å². The Bertz CT molecular complexity index is 885. The summed E-state index contributed by atoms with van der Waals surface area (Å²) in [5.41, 5.74) is 0. The van der Waals surface area contributed by atoms with Gasteiger partial charge in [0.05, 0.1) is 12.6 Å². The van der Waals surface area contributed by atoms with E-state index in [9.17, 15) is 26.3 Å². The number of aromatic nitrogens is 4. The summed E-state index contributed by atoms with van der Waals surface area (Å²) in [5, 5.41) is 25.3. The molecule has 0 saturated carbocycles. The lowest BCUT2D eigenvalue weighted by Crippen LogP contribution is -2.45. The van der Waals surface area contributed by atoms with Gasteiger partial charge in [0.1, 0.15) is 12.7 Å². The number of carboxylic acid groups (broad SMARTS) is 2. The van der Waals surface area contributed by atoms with Gasteiger partial charge in [-0.2, -0.15) is 31.4 Å². The number of fused-ring (bicyclic) bond motifs is 1. The quantitative estimate of drug-likeness (QED) is 0.523. The van der Waals surface area contributed by atoms with Crippen LogP contribution >= 0.6 is 11.3 Å². The number of alkyl halides is 6. The molecule has 190 valence electrons. The molecule has 17 heteroatoms. The van der Waals surface area contributed by atoms with E-state index in [1.165, 1.54) is 12.8 Å². The first-order valence-corrected chi connectivity index (χ1v) is 10.5. The first kappa shape index (κ1) is 27.3. The number of nitrogens with zero attached hydrogens (tertiary/aromatic N) is 5. The summed E-state index contributed by atoms with van der Waals surface area (Å²) in [4.78, 5) is 28.9. The van der Waals surface area contributed by atoms with Crippen LogP contribution < -0.4 is 10.2 Å². The highest BCUT2D eigenvalue weighted by atomic mass is 32.1. The molecule has 0 aromatic carbocycles. The summed E-state index contributed by atoms with van der Waals surface area (Å²) >= 11 is 1.74. The average molecular weight is 518 g/mol. The Hall–Kier alpha value is -2.95. The maximum absolute atomic E-state index is 10.6. The molecular formula is C17H20F6N6O4S. The highest BCUT2D eigenvalue weighted by Crippen LogP contribution is 2.38. The monoisotopic (exact) mass is 518 g/mol. The first-order chi connectivity index (χ1) is 15.8. The second-order valence-corrected chi connectivity index (χ2v) is 8.03. The number of hydrogen-bond acceptors (Lipinski definition) is 8. The number of carboxylic acids is 2. The molecule has 0 bridgehead atoms. The Morgan fingerprint density at radius 3 is 2.24 bits per heavy atom. The average Bonchev–Trinajstić information content (AvgIpc) is 3.48. The molecule has 0 radical (unpaired) electrons. The van der Waals surface area contributed by atoms with E-state index in [0.717, 1.165) is 30.7 Å². The first-order valence-electron chi connectivity index (χ1n) is 9.62. The van der Waals surface area contributed by atoms with Gasteiger partial charge in [0.2, 0.25) is 0 Å². The zero-order valence-corrected chi connectivity index (χ0v) is 18.0. The molecule has 4 heterocycles. The third-order valence-corrected chi connectivity index (χ3v) is 5.67. The minimum Gasteiger partial charge on any atom is -0.475 e. The van der Waals surface area contributed by atoms with Gasteiger partial charge in [-0.25, -0.2) is 19.6 Å². The molecule has 10 nitrogen and oxygen atoms in total. The second kappa shape index (κ2) is 11.5. The van der Waals surface area contributed by atoms with Crippen molar-refractivity contribution in [3.8, 4) is 0 Å². The number of thiazole rings is 1. The standard InChI is InChI=1S/C13H18N6S.2C2HF3O2/c1-2-14-6-10-5-11(7-18-9-15-8-17-18)19(12(1)10)13-16-3-4-20-13;2*3-2(4,5)1(6)7/h3-4,8-12,14H,1-2,5-7H2;2*(H,6,7)/t10-,11+,12+;;/m1../s1. The van der Waals surface area contributed by atoms with Crippen LogP contribution in [0.25, 0.3) is 0 Å². The van der Waals surface area contributed by atoms with Crippen molar-refractivity contribution in [3.63, 3.8) is 0 Å². The zero-order chi connectivity index (χ0) is 25.5. The predicted molar refractivity (Wildman–Crippen MR) is 105 cm³/mol. The number of halogens is 6. The summed E-state index contributed by atoms with van der Waals surface area (Å²) in [5.74, 6) is -4.79. The third kappa shape index (κ3) is 7.82. The van der Waals surface area contributed by atoms with E-state index >= 15 is 0 Å². The number of anilines is 1. The molecule has 0 aliphatic carbocycles. The van der Waals surface area contributed by atoms with Crippen molar-refractivity contribution in [2.75, 3.05) is 18.0 Å². The van der Waals surface area contributed by atoms with E-state index in [1.807, 2.05) is 10.9 Å². The molecular weight excluding hydrogens is 498 g/mol. The molecule has 4 rings (SSSR count). The molecule has 34 heavy (non-hydrogen) atoms. The van der Waals surface area contributed by atoms with Gasteiger partial charge in [0.25, 0.3) is 0 Å². The molecule has 2 saturated heterocycles. The second-order valence-electron chi connectivity index (χ2n) is 7.16. The molecule has 2 aromatic rings. The Balaban J connectivity index is 0.000000244. The molecule has 2 aliphatic heterocycles. The van der Waals surface area contributed by atoms with Crippen LogP contribution in [0.15, 0.2) is 24.2 Å². The van der Waals surface area contributed by atoms with Gasteiger partial charge in [-0.1, -0.05) is 0 Å². The van der Waals surface area contributed by atoms with E-state index in [2.05, 4.69) is 30.7 Å². The van der Waals surface area contributed by atoms with Crippen LogP contribution in [0.2, 0.25) is 0 Å². The largest absolute Gasteiger partial charge is 0.490 e. The SMILES string of the molecule is O=C(O)C(F)(F)F.O=C(O)C(F)(F)F.c1csc(N2[C@H](Cn3cncn3)C[C@@H]3CNCC[C@@H]32)n1. The molecule has 0 unspecified atom stereocenters. The number of hydrogen-bond donors (Lipinski definition) is 3. The number of rotatable bonds is 3. The smallest absolute Gasteiger partial charge is 0.475 e. The van der Waals surface area contributed by atoms with Crippen LogP contribution in [0, 0.1) is 5.92 Å². The maximum atomic E-state index is 10.6. The van der Waals surface area contributed by atoms with Crippen LogP contribution in [0.4, 0.5) is 31.5 Å². The molecule has 2 fully saturated rings. The Kier molecular flexibility index (Phi) is 9.20. The number of piperidine rings is 1. The van der Waals surface area contributed by atoms with E-state index in [-0.39, 0.29) is 0 Å². The summed E-state index contributed by atoms with van der Waals surface area (Å²) in [6.45, 7) is 3.13. The van der Waals surface area contributed by atoms with Crippen molar-refractivity contribution < 1.29 is 46.1 Å². The summed E-state index contributed by atoms with van der Waals surface area (Å²) < 4.78 is 65.4. The molecule has 2 aliphatic rings. The van der Waals surface area contributed by atoms with Crippen molar-refractivity contribution in [1.82, 2.24) is 25.1 Å². The summed E-state index contributed by atoms with van der Waals surface area (Å²) in [7, 11) is 0. The molecule has 0 spiro atoms. The topological polar surface area (TPSA) is 133 Å². The fourth-order valence-corrected chi connectivity index (χ4v) is 4.37. The van der Waals surface area contributed by atoms with Gasteiger partial charge in [-0.15, -0.1) is 11.3 Å². The van der Waals surface area contributed by atoms with Gasteiger partial charge in [0.15, 0.2) is 5.13 Å². The van der Waals surface area contributed by atoms with Crippen LogP contribution in [0.3, 0.4) is 0 Å². The van der Waals surface area contributed by atoms with Crippen molar-refractivity contribution in [2.45, 2.75) is 43.8 Å². The lowest BCUT2D eigenvalue weighted by Gasteiger charge is -2.34. The van der Waals surface area contributed by atoms with Crippen LogP contribution in [-0.4, -0.2) is 79.4 Å².